The molecule has 2 aromatic carbocycles. The summed E-state index contributed by atoms with van der Waals surface area (Å²) in [5, 5.41) is 6.91. The predicted molar refractivity (Wildman–Crippen MR) is 87.9 cm³/mol. The number of aryl methyl sites for hydroxylation is 1. The van der Waals surface area contributed by atoms with Crippen LogP contribution in [-0.2, 0) is 6.42 Å². The maximum atomic E-state index is 13.2. The van der Waals surface area contributed by atoms with Gasteiger partial charge in [-0.15, -0.1) is 0 Å². The van der Waals surface area contributed by atoms with E-state index in [9.17, 15) is 4.39 Å². The molecule has 0 aliphatic heterocycles. The highest BCUT2D eigenvalue weighted by atomic mass is 32.1. The van der Waals surface area contributed by atoms with Crippen LogP contribution in [0.5, 0.6) is 0 Å². The number of thiocarbonyl (C=S) groups is 1. The van der Waals surface area contributed by atoms with Crippen molar-refractivity contribution in [2.75, 3.05) is 5.32 Å². The summed E-state index contributed by atoms with van der Waals surface area (Å²) >= 11 is 5.34. The molecule has 0 aromatic heterocycles. The largest absolute Gasteiger partial charge is 0.356 e. The Kier molecular flexibility index (Phi) is 4.15. The topological polar surface area (TPSA) is 24.1 Å². The second kappa shape index (κ2) is 6.22. The van der Waals surface area contributed by atoms with Crippen LogP contribution >= 0.6 is 12.2 Å². The molecular weight excluding hydrogens is 283 g/mol. The fourth-order valence-electron chi connectivity index (χ4n) is 2.80. The molecule has 2 N–H and O–H groups in total. The van der Waals surface area contributed by atoms with Gasteiger partial charge in [-0.05, 0) is 60.8 Å². The van der Waals surface area contributed by atoms with Crippen LogP contribution in [-0.4, -0.2) is 5.11 Å². The van der Waals surface area contributed by atoms with Gasteiger partial charge in [0.2, 0.25) is 0 Å². The molecule has 0 amide bonds. The molecule has 1 aliphatic rings. The van der Waals surface area contributed by atoms with Gasteiger partial charge >= 0.3 is 0 Å². The molecule has 0 saturated heterocycles. The normalized spacial score (nSPS) is 16.9. The van der Waals surface area contributed by atoms with Gasteiger partial charge in [0.25, 0.3) is 0 Å². The third-order valence-electron chi connectivity index (χ3n) is 3.76. The number of benzene rings is 2. The van der Waals surface area contributed by atoms with Crippen molar-refractivity contribution in [3.05, 3.63) is 65.5 Å². The van der Waals surface area contributed by atoms with Crippen molar-refractivity contribution in [1.29, 1.82) is 0 Å². The first-order valence-electron chi connectivity index (χ1n) is 7.13. The highest BCUT2D eigenvalue weighted by Gasteiger charge is 2.20. The van der Waals surface area contributed by atoms with Gasteiger partial charge in [0.15, 0.2) is 5.11 Å². The van der Waals surface area contributed by atoms with Crippen molar-refractivity contribution in [3.63, 3.8) is 0 Å². The van der Waals surface area contributed by atoms with E-state index in [1.54, 1.807) is 12.1 Å². The van der Waals surface area contributed by atoms with Crippen LogP contribution in [0, 0.1) is 5.82 Å². The Balaban J connectivity index is 1.68. The molecular formula is C17H17FN2S. The Morgan fingerprint density at radius 2 is 2.00 bits per heavy atom. The third kappa shape index (κ3) is 3.39. The molecule has 0 heterocycles. The number of fused-ring (bicyclic) bond motifs is 1. The van der Waals surface area contributed by atoms with Gasteiger partial charge in [0.05, 0.1) is 6.04 Å². The highest BCUT2D eigenvalue weighted by molar-refractivity contribution is 7.80. The zero-order valence-corrected chi connectivity index (χ0v) is 12.4. The molecule has 0 fully saturated rings. The molecule has 0 radical (unpaired) electrons. The Labute approximate surface area is 129 Å². The quantitative estimate of drug-likeness (QED) is 0.813. The average Bonchev–Trinajstić information content (AvgIpc) is 2.47. The average molecular weight is 300 g/mol. The monoisotopic (exact) mass is 300 g/mol. The lowest BCUT2D eigenvalue weighted by Gasteiger charge is -2.27. The Morgan fingerprint density at radius 3 is 2.86 bits per heavy atom. The third-order valence-corrected chi connectivity index (χ3v) is 3.98. The molecule has 3 rings (SSSR count). The van der Waals surface area contributed by atoms with E-state index >= 15 is 0 Å². The van der Waals surface area contributed by atoms with Crippen LogP contribution in [0.2, 0.25) is 0 Å². The minimum Gasteiger partial charge on any atom is -0.356 e. The van der Waals surface area contributed by atoms with Crippen LogP contribution in [0.4, 0.5) is 10.1 Å². The molecule has 1 aliphatic carbocycles. The smallest absolute Gasteiger partial charge is 0.171 e. The standard InChI is InChI=1S/C17H17FN2S/c18-13-7-4-8-14(11-13)19-17(21)20-16-10-3-6-12-5-1-2-9-15(12)16/h1-2,4-5,7-9,11,16H,3,6,10H2,(H2,19,20,21)/t16-/m1/s1. The first-order chi connectivity index (χ1) is 10.2. The first kappa shape index (κ1) is 14.0. The van der Waals surface area contributed by atoms with Gasteiger partial charge in [-0.3, -0.25) is 0 Å². The molecule has 2 aromatic rings. The van der Waals surface area contributed by atoms with Gasteiger partial charge in [-0.1, -0.05) is 30.3 Å². The van der Waals surface area contributed by atoms with Crippen molar-refractivity contribution >= 4 is 23.0 Å². The maximum Gasteiger partial charge on any atom is 0.171 e. The Bertz CT molecular complexity index is 657. The van der Waals surface area contributed by atoms with Crippen molar-refractivity contribution in [1.82, 2.24) is 5.32 Å². The van der Waals surface area contributed by atoms with E-state index in [4.69, 9.17) is 12.2 Å². The van der Waals surface area contributed by atoms with Crippen LogP contribution in [0.1, 0.15) is 30.0 Å². The van der Waals surface area contributed by atoms with E-state index in [1.807, 2.05) is 0 Å². The van der Waals surface area contributed by atoms with Gasteiger partial charge in [0, 0.05) is 5.69 Å². The summed E-state index contributed by atoms with van der Waals surface area (Å²) in [7, 11) is 0. The molecule has 1 atom stereocenters. The van der Waals surface area contributed by atoms with Crippen LogP contribution in [0.25, 0.3) is 0 Å². The fourth-order valence-corrected chi connectivity index (χ4v) is 3.06. The van der Waals surface area contributed by atoms with E-state index in [0.717, 1.165) is 19.3 Å². The van der Waals surface area contributed by atoms with Crippen molar-refractivity contribution in [2.24, 2.45) is 0 Å². The van der Waals surface area contributed by atoms with Crippen molar-refractivity contribution in [2.45, 2.75) is 25.3 Å². The van der Waals surface area contributed by atoms with E-state index < -0.39 is 0 Å². The summed E-state index contributed by atoms with van der Waals surface area (Å²) in [6.07, 6.45) is 3.33. The number of rotatable bonds is 2. The maximum absolute atomic E-state index is 13.2. The summed E-state index contributed by atoms with van der Waals surface area (Å²) in [5.74, 6) is -0.272. The lowest BCUT2D eigenvalue weighted by atomic mass is 9.88. The van der Waals surface area contributed by atoms with E-state index in [2.05, 4.69) is 34.9 Å². The molecule has 0 spiro atoms. The summed E-state index contributed by atoms with van der Waals surface area (Å²) in [6.45, 7) is 0. The van der Waals surface area contributed by atoms with Crippen molar-refractivity contribution in [3.8, 4) is 0 Å². The molecule has 4 heteroatoms. The number of anilines is 1. The van der Waals surface area contributed by atoms with E-state index in [-0.39, 0.29) is 11.9 Å². The minimum atomic E-state index is -0.272. The fraction of sp³-hybridized carbons (Fsp3) is 0.235. The second-order valence-electron chi connectivity index (χ2n) is 5.25. The molecule has 108 valence electrons. The lowest BCUT2D eigenvalue weighted by Crippen LogP contribution is -2.34. The molecule has 0 unspecified atom stereocenters. The summed E-state index contributed by atoms with van der Waals surface area (Å²) in [6, 6.07) is 15.0. The zero-order valence-electron chi connectivity index (χ0n) is 11.6. The molecule has 0 saturated carbocycles. The SMILES string of the molecule is Fc1cccc(NC(=S)N[C@@H]2CCCc3ccccc32)c1. The molecule has 21 heavy (non-hydrogen) atoms. The molecule has 2 nitrogen and oxygen atoms in total. The minimum absolute atomic E-state index is 0.225. The number of hydrogen-bond acceptors (Lipinski definition) is 1. The van der Waals surface area contributed by atoms with Crippen LogP contribution < -0.4 is 10.6 Å². The first-order valence-corrected chi connectivity index (χ1v) is 7.54. The summed E-state index contributed by atoms with van der Waals surface area (Å²) < 4.78 is 13.2. The van der Waals surface area contributed by atoms with Gasteiger partial charge in [-0.2, -0.15) is 0 Å². The number of halogens is 1. The van der Waals surface area contributed by atoms with Gasteiger partial charge < -0.3 is 10.6 Å². The van der Waals surface area contributed by atoms with Crippen LogP contribution in [0.15, 0.2) is 48.5 Å². The lowest BCUT2D eigenvalue weighted by molar-refractivity contribution is 0.529. The molecule has 0 bridgehead atoms. The zero-order chi connectivity index (χ0) is 14.7. The number of nitrogens with one attached hydrogen (secondary N) is 2. The highest BCUT2D eigenvalue weighted by Crippen LogP contribution is 2.29. The number of hydrogen-bond donors (Lipinski definition) is 2. The Hall–Kier alpha value is -1.94. The second-order valence-corrected chi connectivity index (χ2v) is 5.66. The van der Waals surface area contributed by atoms with Gasteiger partial charge in [-0.25, -0.2) is 4.39 Å². The van der Waals surface area contributed by atoms with Crippen molar-refractivity contribution < 1.29 is 4.39 Å². The Morgan fingerprint density at radius 1 is 1.14 bits per heavy atom. The van der Waals surface area contributed by atoms with E-state index in [0.29, 0.717) is 10.8 Å². The predicted octanol–water partition coefficient (Wildman–Crippen LogP) is 4.19. The van der Waals surface area contributed by atoms with Gasteiger partial charge in [0.1, 0.15) is 5.82 Å². The van der Waals surface area contributed by atoms with Crippen LogP contribution in [0.3, 0.4) is 0 Å². The summed E-state index contributed by atoms with van der Waals surface area (Å²) in [4.78, 5) is 0. The van der Waals surface area contributed by atoms with E-state index in [1.165, 1.54) is 23.3 Å². The summed E-state index contributed by atoms with van der Waals surface area (Å²) in [5.41, 5.74) is 3.36.